The van der Waals surface area contributed by atoms with Crippen molar-refractivity contribution in [3.05, 3.63) is 29.8 Å². The normalized spacial score (nSPS) is 13.2. The highest BCUT2D eigenvalue weighted by Gasteiger charge is 2.14. The van der Waals surface area contributed by atoms with Crippen LogP contribution in [0.25, 0.3) is 0 Å². The third kappa shape index (κ3) is 6.06. The van der Waals surface area contributed by atoms with E-state index in [4.69, 9.17) is 10.7 Å². The number of halogens is 1. The van der Waals surface area contributed by atoms with Crippen molar-refractivity contribution in [3.8, 4) is 0 Å². The molecule has 0 aromatic heterocycles. The molecule has 0 bridgehead atoms. The molecular formula is C15H22ClNO3S. The molecule has 1 unspecified atom stereocenters. The summed E-state index contributed by atoms with van der Waals surface area (Å²) in [7, 11) is 1.56. The summed E-state index contributed by atoms with van der Waals surface area (Å²) in [4.78, 5) is 12.0. The van der Waals surface area contributed by atoms with Gasteiger partial charge in [-0.25, -0.2) is 8.42 Å². The minimum absolute atomic E-state index is 0.0181. The van der Waals surface area contributed by atoms with Crippen molar-refractivity contribution < 1.29 is 13.2 Å². The van der Waals surface area contributed by atoms with E-state index in [0.717, 1.165) is 12.0 Å². The molecule has 0 aliphatic heterocycles. The number of aryl methyl sites for hydroxylation is 1. The van der Waals surface area contributed by atoms with Gasteiger partial charge in [0.2, 0.25) is 5.91 Å². The lowest BCUT2D eigenvalue weighted by Crippen LogP contribution is -2.38. The Labute approximate surface area is 131 Å². The Bertz CT molecular complexity index is 567. The molecule has 0 saturated heterocycles. The quantitative estimate of drug-likeness (QED) is 0.781. The third-order valence-corrected chi connectivity index (χ3v) is 4.81. The molecule has 1 atom stereocenters. The molecule has 4 nitrogen and oxygen atoms in total. The van der Waals surface area contributed by atoms with Crippen LogP contribution in [-0.2, 0) is 20.3 Å². The van der Waals surface area contributed by atoms with Gasteiger partial charge in [-0.2, -0.15) is 0 Å². The molecule has 0 spiro atoms. The molecule has 0 fully saturated rings. The summed E-state index contributed by atoms with van der Waals surface area (Å²) in [5.74, 6) is 0.428. The zero-order valence-corrected chi connectivity index (χ0v) is 14.2. The summed E-state index contributed by atoms with van der Waals surface area (Å²) in [6, 6.07) is 6.48. The molecule has 0 aliphatic carbocycles. The number of amides is 1. The molecule has 0 saturated carbocycles. The van der Waals surface area contributed by atoms with E-state index in [1.54, 1.807) is 12.1 Å². The number of nitrogens with one attached hydrogen (secondary N) is 1. The average molecular weight is 332 g/mol. The first kappa shape index (κ1) is 18.0. The number of carbonyl (C=O) groups excluding carboxylic acids is 1. The van der Waals surface area contributed by atoms with Gasteiger partial charge in [0.15, 0.2) is 0 Å². The monoisotopic (exact) mass is 331 g/mol. The standard InChI is InChI=1S/C15H22ClNO3S/c1-4-14(11(2)3)17-15(18)10-7-12-5-8-13(9-6-12)21(16,19)20/h5-6,8-9,11,14H,4,7,10H2,1-3H3,(H,17,18). The van der Waals surface area contributed by atoms with E-state index in [9.17, 15) is 13.2 Å². The second-order valence-electron chi connectivity index (χ2n) is 5.41. The molecule has 1 N–H and O–H groups in total. The van der Waals surface area contributed by atoms with E-state index in [2.05, 4.69) is 26.1 Å². The fourth-order valence-electron chi connectivity index (χ4n) is 2.10. The van der Waals surface area contributed by atoms with Crippen molar-refractivity contribution in [3.63, 3.8) is 0 Å². The lowest BCUT2D eigenvalue weighted by molar-refractivity contribution is -0.122. The summed E-state index contributed by atoms with van der Waals surface area (Å²) >= 11 is 0. The molecule has 0 aliphatic rings. The largest absolute Gasteiger partial charge is 0.353 e. The van der Waals surface area contributed by atoms with Gasteiger partial charge in [0, 0.05) is 23.1 Å². The second-order valence-corrected chi connectivity index (χ2v) is 7.97. The molecule has 1 amide bonds. The smallest absolute Gasteiger partial charge is 0.261 e. The van der Waals surface area contributed by atoms with Crippen LogP contribution in [-0.4, -0.2) is 20.4 Å². The van der Waals surface area contributed by atoms with Crippen LogP contribution in [0.15, 0.2) is 29.2 Å². The first-order valence-corrected chi connectivity index (χ1v) is 9.38. The second kappa shape index (κ2) is 7.80. The van der Waals surface area contributed by atoms with Gasteiger partial charge in [0.05, 0.1) is 4.90 Å². The highest BCUT2D eigenvalue weighted by Crippen LogP contribution is 2.16. The van der Waals surface area contributed by atoms with Gasteiger partial charge in [0.25, 0.3) is 9.05 Å². The van der Waals surface area contributed by atoms with Crippen LogP contribution in [0.4, 0.5) is 0 Å². The summed E-state index contributed by atoms with van der Waals surface area (Å²) in [5.41, 5.74) is 0.909. The summed E-state index contributed by atoms with van der Waals surface area (Å²) in [5, 5.41) is 3.02. The Morgan fingerprint density at radius 3 is 2.24 bits per heavy atom. The van der Waals surface area contributed by atoms with Gasteiger partial charge in [-0.15, -0.1) is 0 Å². The van der Waals surface area contributed by atoms with Gasteiger partial charge in [-0.3, -0.25) is 4.79 Å². The van der Waals surface area contributed by atoms with E-state index in [-0.39, 0.29) is 16.8 Å². The zero-order chi connectivity index (χ0) is 16.0. The molecule has 6 heteroatoms. The van der Waals surface area contributed by atoms with Crippen molar-refractivity contribution in [1.82, 2.24) is 5.32 Å². The van der Waals surface area contributed by atoms with Crippen LogP contribution in [0.5, 0.6) is 0 Å². The highest BCUT2D eigenvalue weighted by atomic mass is 35.7. The van der Waals surface area contributed by atoms with Crippen LogP contribution >= 0.6 is 10.7 Å². The van der Waals surface area contributed by atoms with E-state index in [0.29, 0.717) is 18.8 Å². The first-order chi connectivity index (χ1) is 9.74. The molecule has 0 heterocycles. The van der Waals surface area contributed by atoms with E-state index < -0.39 is 9.05 Å². The summed E-state index contributed by atoms with van der Waals surface area (Å²) in [6.45, 7) is 6.22. The lowest BCUT2D eigenvalue weighted by atomic mass is 10.0. The van der Waals surface area contributed by atoms with Crippen LogP contribution in [0.3, 0.4) is 0 Å². The van der Waals surface area contributed by atoms with E-state index in [1.807, 2.05) is 0 Å². The Balaban J connectivity index is 2.54. The average Bonchev–Trinajstić information content (AvgIpc) is 2.41. The topological polar surface area (TPSA) is 63.2 Å². The predicted octanol–water partition coefficient (Wildman–Crippen LogP) is 3.10. The Morgan fingerprint density at radius 2 is 1.81 bits per heavy atom. The molecule has 21 heavy (non-hydrogen) atoms. The summed E-state index contributed by atoms with van der Waals surface area (Å²) < 4.78 is 22.3. The maximum Gasteiger partial charge on any atom is 0.261 e. The van der Waals surface area contributed by atoms with Crippen LogP contribution in [0, 0.1) is 5.92 Å². The third-order valence-electron chi connectivity index (χ3n) is 3.44. The van der Waals surface area contributed by atoms with Gasteiger partial charge < -0.3 is 5.32 Å². The fraction of sp³-hybridized carbons (Fsp3) is 0.533. The molecule has 118 valence electrons. The fourth-order valence-corrected chi connectivity index (χ4v) is 2.87. The minimum Gasteiger partial charge on any atom is -0.353 e. The molecule has 1 aromatic rings. The highest BCUT2D eigenvalue weighted by molar-refractivity contribution is 8.13. The number of rotatable bonds is 7. The Hall–Kier alpha value is -1.07. The molecule has 0 radical (unpaired) electrons. The Morgan fingerprint density at radius 1 is 1.24 bits per heavy atom. The van der Waals surface area contributed by atoms with E-state index in [1.165, 1.54) is 12.1 Å². The summed E-state index contributed by atoms with van der Waals surface area (Å²) in [6.07, 6.45) is 1.87. The minimum atomic E-state index is -3.69. The Kier molecular flexibility index (Phi) is 6.68. The number of carbonyl (C=O) groups is 1. The van der Waals surface area contributed by atoms with Gasteiger partial charge in [-0.1, -0.05) is 32.9 Å². The van der Waals surface area contributed by atoms with Crippen molar-refractivity contribution in [2.75, 3.05) is 0 Å². The van der Waals surface area contributed by atoms with Crippen molar-refractivity contribution >= 4 is 25.6 Å². The SMILES string of the molecule is CCC(NC(=O)CCc1ccc(S(=O)(=O)Cl)cc1)C(C)C. The molecule has 1 rings (SSSR count). The van der Waals surface area contributed by atoms with Crippen molar-refractivity contribution in [2.45, 2.75) is 51.0 Å². The molecule has 1 aromatic carbocycles. The van der Waals surface area contributed by atoms with Crippen LogP contribution in [0.1, 0.15) is 39.2 Å². The van der Waals surface area contributed by atoms with Gasteiger partial charge >= 0.3 is 0 Å². The number of hydrogen-bond donors (Lipinski definition) is 1. The number of benzene rings is 1. The first-order valence-electron chi connectivity index (χ1n) is 7.07. The zero-order valence-electron chi connectivity index (χ0n) is 12.6. The lowest BCUT2D eigenvalue weighted by Gasteiger charge is -2.20. The van der Waals surface area contributed by atoms with E-state index >= 15 is 0 Å². The predicted molar refractivity (Wildman–Crippen MR) is 84.9 cm³/mol. The molecular weight excluding hydrogens is 310 g/mol. The van der Waals surface area contributed by atoms with Gasteiger partial charge in [-0.05, 0) is 36.5 Å². The van der Waals surface area contributed by atoms with Crippen molar-refractivity contribution in [1.29, 1.82) is 0 Å². The number of hydrogen-bond acceptors (Lipinski definition) is 3. The van der Waals surface area contributed by atoms with Crippen LogP contribution < -0.4 is 5.32 Å². The maximum atomic E-state index is 11.9. The maximum absolute atomic E-state index is 11.9. The van der Waals surface area contributed by atoms with Gasteiger partial charge in [0.1, 0.15) is 0 Å². The van der Waals surface area contributed by atoms with Crippen LogP contribution in [0.2, 0.25) is 0 Å². The van der Waals surface area contributed by atoms with Crippen molar-refractivity contribution in [2.24, 2.45) is 5.92 Å².